The second-order valence-electron chi connectivity index (χ2n) is 6.43. The first kappa shape index (κ1) is 14.6. The van der Waals surface area contributed by atoms with Crippen molar-refractivity contribution in [3.63, 3.8) is 0 Å². The highest BCUT2D eigenvalue weighted by atomic mass is 16.6. The topological polar surface area (TPSA) is 99.4 Å². The second-order valence-corrected chi connectivity index (χ2v) is 6.43. The third-order valence-electron chi connectivity index (χ3n) is 4.40. The minimum absolute atomic E-state index is 0.0758. The van der Waals surface area contributed by atoms with Crippen molar-refractivity contribution in [1.82, 2.24) is 0 Å². The Morgan fingerprint density at radius 2 is 1.68 bits per heavy atom. The van der Waals surface area contributed by atoms with Gasteiger partial charge in [-0.25, -0.2) is 0 Å². The van der Waals surface area contributed by atoms with Gasteiger partial charge >= 0.3 is 0 Å². The molecule has 0 aromatic heterocycles. The summed E-state index contributed by atoms with van der Waals surface area (Å²) in [6.07, 6.45) is -1.54. The summed E-state index contributed by atoms with van der Waals surface area (Å²) in [4.78, 5) is 0. The van der Waals surface area contributed by atoms with E-state index in [0.29, 0.717) is 0 Å². The maximum atomic E-state index is 10.4. The molecule has 1 unspecified atom stereocenters. The molecule has 0 aromatic carbocycles. The van der Waals surface area contributed by atoms with Crippen LogP contribution in [0.4, 0.5) is 0 Å². The molecule has 0 radical (unpaired) electrons. The van der Waals surface area contributed by atoms with Crippen molar-refractivity contribution in [3.05, 3.63) is 12.5 Å². The van der Waals surface area contributed by atoms with Gasteiger partial charge in [0.25, 0.3) is 0 Å². The average molecular weight is 274 g/mol. The third-order valence-corrected chi connectivity index (χ3v) is 4.40. The summed E-state index contributed by atoms with van der Waals surface area (Å²) in [6, 6.07) is 0. The van der Waals surface area contributed by atoms with Gasteiger partial charge in [0.2, 0.25) is 0 Å². The van der Waals surface area contributed by atoms with Crippen LogP contribution in [0, 0.1) is 5.41 Å². The molecule has 1 heterocycles. The number of hydrogen-bond acceptors (Lipinski definition) is 6. The first-order valence-electron chi connectivity index (χ1n) is 6.36. The maximum absolute atomic E-state index is 10.4. The number of ether oxygens (including phenoxy) is 2. The van der Waals surface area contributed by atoms with Gasteiger partial charge in [0, 0.05) is 11.8 Å². The minimum Gasteiger partial charge on any atom is -0.488 e. The van der Waals surface area contributed by atoms with Gasteiger partial charge in [-0.15, -0.1) is 0 Å². The van der Waals surface area contributed by atoms with Crippen molar-refractivity contribution in [2.24, 2.45) is 5.41 Å². The fourth-order valence-electron chi connectivity index (χ4n) is 3.02. The lowest BCUT2D eigenvalue weighted by molar-refractivity contribution is -0.277. The minimum atomic E-state index is -1.46. The molecule has 0 spiro atoms. The summed E-state index contributed by atoms with van der Waals surface area (Å²) in [5.74, 6) is 0. The zero-order valence-electron chi connectivity index (χ0n) is 11.4. The molecule has 2 rings (SSSR count). The van der Waals surface area contributed by atoms with Crippen LogP contribution in [-0.4, -0.2) is 56.5 Å². The normalized spacial score (nSPS) is 46.2. The molecule has 1 saturated carbocycles. The molecular formula is C13H22O6. The number of aliphatic hydroxyl groups is 4. The Bertz CT molecular complexity index is 376. The van der Waals surface area contributed by atoms with Gasteiger partial charge in [-0.05, 0) is 0 Å². The van der Waals surface area contributed by atoms with Gasteiger partial charge in [0.05, 0.1) is 6.61 Å². The lowest BCUT2D eigenvalue weighted by atomic mass is 9.60. The number of hydrogen-bond donors (Lipinski definition) is 4. The predicted molar refractivity (Wildman–Crippen MR) is 66.0 cm³/mol. The Labute approximate surface area is 112 Å². The summed E-state index contributed by atoms with van der Waals surface area (Å²) in [7, 11) is 0. The van der Waals surface area contributed by atoms with Crippen LogP contribution in [0.2, 0.25) is 0 Å². The lowest BCUT2D eigenvalue weighted by Gasteiger charge is -2.56. The number of aliphatic hydroxyl groups excluding tert-OH is 4. The van der Waals surface area contributed by atoms with E-state index in [2.05, 4.69) is 0 Å². The molecule has 4 N–H and O–H groups in total. The fourth-order valence-corrected chi connectivity index (χ4v) is 3.02. The van der Waals surface area contributed by atoms with Gasteiger partial charge in [0.15, 0.2) is 5.60 Å². The predicted octanol–water partition coefficient (Wildman–Crippen LogP) is -0.493. The molecule has 1 aliphatic carbocycles. The Balaban J connectivity index is 2.56. The van der Waals surface area contributed by atoms with Gasteiger partial charge in [0.1, 0.15) is 36.4 Å². The molecule has 1 aliphatic heterocycles. The monoisotopic (exact) mass is 274 g/mol. The molecule has 2 aliphatic rings. The SMILES string of the molecule is CC(C)(C)C12C[C@@](CO)(OC=CO1)[C@@H](O)[C@H](O)[C@H]2O. The average Bonchev–Trinajstić information content (AvgIpc) is 2.54. The molecule has 0 amide bonds. The quantitative estimate of drug-likeness (QED) is 0.515. The molecule has 19 heavy (non-hydrogen) atoms. The van der Waals surface area contributed by atoms with Crippen LogP contribution in [-0.2, 0) is 9.47 Å². The van der Waals surface area contributed by atoms with Gasteiger partial charge in [-0.1, -0.05) is 20.8 Å². The van der Waals surface area contributed by atoms with E-state index >= 15 is 0 Å². The zero-order valence-corrected chi connectivity index (χ0v) is 11.4. The van der Waals surface area contributed by atoms with Crippen molar-refractivity contribution in [2.45, 2.75) is 56.7 Å². The standard InChI is InChI=1S/C13H22O6/c1-11(2,3)13-6-12(7-14,18-4-5-19-13)9(16)8(15)10(13)17/h4-5,8-10,14-17H,6-7H2,1-3H3/t8-,9-,10+,12-,13?/m0/s1. The van der Waals surface area contributed by atoms with Crippen LogP contribution in [0.15, 0.2) is 12.5 Å². The van der Waals surface area contributed by atoms with Gasteiger partial charge in [-0.3, -0.25) is 0 Å². The Kier molecular flexibility index (Phi) is 3.33. The van der Waals surface area contributed by atoms with Crippen molar-refractivity contribution < 1.29 is 29.9 Å². The maximum Gasteiger partial charge on any atom is 0.163 e. The first-order chi connectivity index (χ1) is 8.70. The number of fused-ring (bicyclic) bond motifs is 2. The van der Waals surface area contributed by atoms with Crippen molar-refractivity contribution >= 4 is 0 Å². The van der Waals surface area contributed by atoms with Crippen LogP contribution in [0.1, 0.15) is 27.2 Å². The van der Waals surface area contributed by atoms with E-state index in [9.17, 15) is 20.4 Å². The highest BCUT2D eigenvalue weighted by Gasteiger charge is 2.66. The van der Waals surface area contributed by atoms with Crippen LogP contribution >= 0.6 is 0 Å². The summed E-state index contributed by atoms with van der Waals surface area (Å²) in [5.41, 5.74) is -3.06. The molecule has 6 nitrogen and oxygen atoms in total. The fraction of sp³-hybridized carbons (Fsp3) is 0.846. The lowest BCUT2D eigenvalue weighted by Crippen LogP contribution is -2.72. The van der Waals surface area contributed by atoms with E-state index in [1.165, 1.54) is 12.5 Å². The molecule has 2 bridgehead atoms. The van der Waals surface area contributed by atoms with Crippen molar-refractivity contribution in [1.29, 1.82) is 0 Å². The summed E-state index contributed by atoms with van der Waals surface area (Å²) < 4.78 is 11.0. The largest absolute Gasteiger partial charge is 0.488 e. The Morgan fingerprint density at radius 3 is 2.21 bits per heavy atom. The molecule has 0 saturated heterocycles. The molecule has 110 valence electrons. The van der Waals surface area contributed by atoms with Gasteiger partial charge < -0.3 is 29.9 Å². The van der Waals surface area contributed by atoms with Crippen molar-refractivity contribution in [3.8, 4) is 0 Å². The van der Waals surface area contributed by atoms with E-state index in [1.807, 2.05) is 20.8 Å². The Morgan fingerprint density at radius 1 is 1.11 bits per heavy atom. The van der Waals surface area contributed by atoms with Crippen molar-refractivity contribution in [2.75, 3.05) is 6.61 Å². The van der Waals surface area contributed by atoms with E-state index in [1.54, 1.807) is 0 Å². The molecule has 6 heteroatoms. The van der Waals surface area contributed by atoms with Crippen LogP contribution in [0.25, 0.3) is 0 Å². The molecule has 5 atom stereocenters. The zero-order chi connectivity index (χ0) is 14.5. The van der Waals surface area contributed by atoms with Crippen LogP contribution in [0.5, 0.6) is 0 Å². The summed E-state index contributed by atoms with van der Waals surface area (Å²) in [5, 5.41) is 40.2. The van der Waals surface area contributed by atoms with Gasteiger partial charge in [-0.2, -0.15) is 0 Å². The van der Waals surface area contributed by atoms with Crippen LogP contribution < -0.4 is 0 Å². The van der Waals surface area contributed by atoms with E-state index in [4.69, 9.17) is 9.47 Å². The number of rotatable bonds is 1. The molecular weight excluding hydrogens is 252 g/mol. The second kappa shape index (κ2) is 4.34. The smallest absolute Gasteiger partial charge is 0.163 e. The van der Waals surface area contributed by atoms with E-state index in [-0.39, 0.29) is 6.42 Å². The first-order valence-corrected chi connectivity index (χ1v) is 6.36. The third kappa shape index (κ3) is 1.86. The van der Waals surface area contributed by atoms with Crippen LogP contribution in [0.3, 0.4) is 0 Å². The molecule has 0 aromatic rings. The summed E-state index contributed by atoms with van der Waals surface area (Å²) in [6.45, 7) is 5.11. The highest BCUT2D eigenvalue weighted by molar-refractivity contribution is 5.16. The van der Waals surface area contributed by atoms with E-state index < -0.39 is 41.5 Å². The Hall–Kier alpha value is -0.820. The molecule has 1 fully saturated rings. The summed E-state index contributed by atoms with van der Waals surface area (Å²) >= 11 is 0. The highest BCUT2D eigenvalue weighted by Crippen LogP contribution is 2.50. The van der Waals surface area contributed by atoms with E-state index in [0.717, 1.165) is 0 Å².